The SMILES string of the molecule is CN=C(NCc1ccccc1OC)NCC(C)(C)CN(C)C.I. The van der Waals surface area contributed by atoms with E-state index in [2.05, 4.69) is 54.5 Å². The van der Waals surface area contributed by atoms with Gasteiger partial charge in [-0.1, -0.05) is 32.0 Å². The topological polar surface area (TPSA) is 48.9 Å². The van der Waals surface area contributed by atoms with Gasteiger partial charge in [0.15, 0.2) is 5.96 Å². The van der Waals surface area contributed by atoms with E-state index >= 15 is 0 Å². The monoisotopic (exact) mass is 434 g/mol. The molecule has 6 heteroatoms. The normalized spacial score (nSPS) is 11.9. The molecule has 1 rings (SSSR count). The van der Waals surface area contributed by atoms with Gasteiger partial charge in [-0.05, 0) is 25.6 Å². The molecule has 23 heavy (non-hydrogen) atoms. The van der Waals surface area contributed by atoms with Crippen LogP contribution in [0.25, 0.3) is 0 Å². The van der Waals surface area contributed by atoms with E-state index in [9.17, 15) is 0 Å². The Morgan fingerprint density at radius 3 is 2.43 bits per heavy atom. The van der Waals surface area contributed by atoms with Crippen LogP contribution in [0.3, 0.4) is 0 Å². The van der Waals surface area contributed by atoms with Crippen LogP contribution >= 0.6 is 24.0 Å². The molecular weight excluding hydrogens is 403 g/mol. The highest BCUT2D eigenvalue weighted by molar-refractivity contribution is 14.0. The van der Waals surface area contributed by atoms with Crippen molar-refractivity contribution in [3.8, 4) is 5.75 Å². The molecule has 0 heterocycles. The molecule has 0 bridgehead atoms. The largest absolute Gasteiger partial charge is 0.496 e. The van der Waals surface area contributed by atoms with Crippen molar-refractivity contribution in [3.63, 3.8) is 0 Å². The Morgan fingerprint density at radius 1 is 1.22 bits per heavy atom. The molecule has 0 unspecified atom stereocenters. The fourth-order valence-corrected chi connectivity index (χ4v) is 2.48. The number of guanidine groups is 1. The van der Waals surface area contributed by atoms with E-state index < -0.39 is 0 Å². The summed E-state index contributed by atoms with van der Waals surface area (Å²) in [6, 6.07) is 8.00. The second-order valence-corrected chi connectivity index (χ2v) is 6.49. The number of nitrogens with zero attached hydrogens (tertiary/aromatic N) is 2. The van der Waals surface area contributed by atoms with Crippen molar-refractivity contribution in [3.05, 3.63) is 29.8 Å². The van der Waals surface area contributed by atoms with Crippen molar-refractivity contribution in [2.45, 2.75) is 20.4 Å². The minimum atomic E-state index is 0. The van der Waals surface area contributed by atoms with Crippen LogP contribution in [0.15, 0.2) is 29.3 Å². The van der Waals surface area contributed by atoms with Gasteiger partial charge in [-0.15, -0.1) is 24.0 Å². The van der Waals surface area contributed by atoms with E-state index in [1.807, 2.05) is 18.2 Å². The van der Waals surface area contributed by atoms with E-state index in [-0.39, 0.29) is 29.4 Å². The van der Waals surface area contributed by atoms with Gasteiger partial charge in [0.25, 0.3) is 0 Å². The van der Waals surface area contributed by atoms with Crippen molar-refractivity contribution >= 4 is 29.9 Å². The average molecular weight is 434 g/mol. The standard InChI is InChI=1S/C17H30N4O.HI/c1-17(2,13-21(4)5)12-20-16(18-3)19-11-14-9-7-8-10-15(14)22-6;/h7-10H,11-13H2,1-6H3,(H2,18,19,20);1H. The summed E-state index contributed by atoms with van der Waals surface area (Å²) in [4.78, 5) is 6.48. The lowest BCUT2D eigenvalue weighted by Crippen LogP contribution is -2.44. The molecule has 0 aliphatic heterocycles. The molecule has 0 saturated heterocycles. The summed E-state index contributed by atoms with van der Waals surface area (Å²) in [5.74, 6) is 1.69. The van der Waals surface area contributed by atoms with Crippen LogP contribution in [0.2, 0.25) is 0 Å². The highest BCUT2D eigenvalue weighted by Crippen LogP contribution is 2.17. The molecule has 1 aromatic carbocycles. The van der Waals surface area contributed by atoms with Crippen LogP contribution in [-0.2, 0) is 6.54 Å². The summed E-state index contributed by atoms with van der Waals surface area (Å²) in [7, 11) is 7.67. The number of para-hydroxylation sites is 1. The molecule has 0 aromatic heterocycles. The molecule has 132 valence electrons. The first kappa shape index (κ1) is 22.0. The molecule has 0 fully saturated rings. The molecule has 0 atom stereocenters. The van der Waals surface area contributed by atoms with Crippen LogP contribution in [-0.4, -0.2) is 52.2 Å². The summed E-state index contributed by atoms with van der Waals surface area (Å²) >= 11 is 0. The third kappa shape index (κ3) is 8.41. The van der Waals surface area contributed by atoms with E-state index in [4.69, 9.17) is 4.74 Å². The number of methoxy groups -OCH3 is 1. The Labute approximate surface area is 157 Å². The zero-order chi connectivity index (χ0) is 16.6. The Morgan fingerprint density at radius 2 is 1.87 bits per heavy atom. The summed E-state index contributed by atoms with van der Waals surface area (Å²) in [6.07, 6.45) is 0. The quantitative estimate of drug-likeness (QED) is 0.394. The maximum absolute atomic E-state index is 5.36. The van der Waals surface area contributed by atoms with Crippen LogP contribution in [0, 0.1) is 5.41 Å². The van der Waals surface area contributed by atoms with Crippen molar-refractivity contribution in [1.82, 2.24) is 15.5 Å². The van der Waals surface area contributed by atoms with Gasteiger partial charge < -0.3 is 20.3 Å². The lowest BCUT2D eigenvalue weighted by atomic mass is 9.93. The zero-order valence-corrected chi connectivity index (χ0v) is 17.5. The second-order valence-electron chi connectivity index (χ2n) is 6.49. The molecule has 0 amide bonds. The number of halogens is 1. The Hall–Kier alpha value is -1.02. The summed E-state index contributed by atoms with van der Waals surface area (Å²) in [5.41, 5.74) is 1.28. The number of hydrogen-bond donors (Lipinski definition) is 2. The number of ether oxygens (including phenoxy) is 1. The highest BCUT2D eigenvalue weighted by atomic mass is 127. The minimum absolute atomic E-state index is 0. The Balaban J connectivity index is 0.00000484. The summed E-state index contributed by atoms with van der Waals surface area (Å²) < 4.78 is 5.36. The van der Waals surface area contributed by atoms with E-state index in [1.54, 1.807) is 14.2 Å². The van der Waals surface area contributed by atoms with Gasteiger partial charge in [-0.3, -0.25) is 4.99 Å². The fraction of sp³-hybridized carbons (Fsp3) is 0.588. The smallest absolute Gasteiger partial charge is 0.191 e. The van der Waals surface area contributed by atoms with Crippen molar-refractivity contribution < 1.29 is 4.74 Å². The number of hydrogen-bond acceptors (Lipinski definition) is 3. The van der Waals surface area contributed by atoms with Gasteiger partial charge in [-0.2, -0.15) is 0 Å². The van der Waals surface area contributed by atoms with Crippen LogP contribution in [0.5, 0.6) is 5.75 Å². The molecule has 2 N–H and O–H groups in total. The third-order valence-electron chi connectivity index (χ3n) is 3.34. The predicted octanol–water partition coefficient (Wildman–Crippen LogP) is 2.57. The third-order valence-corrected chi connectivity index (χ3v) is 3.34. The molecule has 0 radical (unpaired) electrons. The summed E-state index contributed by atoms with van der Waals surface area (Å²) in [6.45, 7) is 7.04. The van der Waals surface area contributed by atoms with Gasteiger partial charge in [-0.25, -0.2) is 0 Å². The predicted molar refractivity (Wildman–Crippen MR) is 109 cm³/mol. The van der Waals surface area contributed by atoms with Gasteiger partial charge in [0.2, 0.25) is 0 Å². The van der Waals surface area contributed by atoms with Crippen molar-refractivity contribution in [2.75, 3.05) is 41.3 Å². The Bertz CT molecular complexity index is 489. The van der Waals surface area contributed by atoms with Crippen molar-refractivity contribution in [2.24, 2.45) is 10.4 Å². The molecule has 5 nitrogen and oxygen atoms in total. The highest BCUT2D eigenvalue weighted by Gasteiger charge is 2.19. The van der Waals surface area contributed by atoms with Gasteiger partial charge in [0, 0.05) is 32.2 Å². The minimum Gasteiger partial charge on any atom is -0.496 e. The van der Waals surface area contributed by atoms with Crippen LogP contribution < -0.4 is 15.4 Å². The van der Waals surface area contributed by atoms with Crippen LogP contribution in [0.4, 0.5) is 0 Å². The number of rotatable bonds is 7. The average Bonchev–Trinajstić information content (AvgIpc) is 2.46. The number of aliphatic imine (C=N–C) groups is 1. The fourth-order valence-electron chi connectivity index (χ4n) is 2.48. The molecule has 0 aliphatic carbocycles. The zero-order valence-electron chi connectivity index (χ0n) is 15.1. The summed E-state index contributed by atoms with van der Waals surface area (Å²) in [5, 5.41) is 6.73. The first-order valence-corrected chi connectivity index (χ1v) is 7.59. The van der Waals surface area contributed by atoms with E-state index in [1.165, 1.54) is 0 Å². The maximum Gasteiger partial charge on any atom is 0.191 e. The number of benzene rings is 1. The van der Waals surface area contributed by atoms with Gasteiger partial charge in [0.05, 0.1) is 7.11 Å². The van der Waals surface area contributed by atoms with Gasteiger partial charge >= 0.3 is 0 Å². The Kier molecular flexibility index (Phi) is 10.2. The van der Waals surface area contributed by atoms with E-state index in [0.29, 0.717) is 6.54 Å². The van der Waals surface area contributed by atoms with Gasteiger partial charge in [0.1, 0.15) is 5.75 Å². The molecule has 0 aliphatic rings. The molecule has 1 aromatic rings. The van der Waals surface area contributed by atoms with Crippen LogP contribution in [0.1, 0.15) is 19.4 Å². The first-order valence-electron chi connectivity index (χ1n) is 7.59. The van der Waals surface area contributed by atoms with E-state index in [0.717, 1.165) is 30.4 Å². The first-order chi connectivity index (χ1) is 10.4. The lowest BCUT2D eigenvalue weighted by Gasteiger charge is -2.29. The van der Waals surface area contributed by atoms with Crippen molar-refractivity contribution in [1.29, 1.82) is 0 Å². The molecule has 0 saturated carbocycles. The lowest BCUT2D eigenvalue weighted by molar-refractivity contribution is 0.241. The second kappa shape index (κ2) is 10.7. The maximum atomic E-state index is 5.36. The molecular formula is C17H31IN4O. The number of nitrogens with one attached hydrogen (secondary N) is 2. The molecule has 0 spiro atoms.